The molecule has 3 N–H and O–H groups in total. The van der Waals surface area contributed by atoms with Crippen molar-refractivity contribution < 1.29 is 37.1 Å². The van der Waals surface area contributed by atoms with E-state index >= 15 is 0 Å². The number of rotatable bonds is 10. The van der Waals surface area contributed by atoms with Gasteiger partial charge in [-0.2, -0.15) is 8.78 Å². The van der Waals surface area contributed by atoms with Crippen molar-refractivity contribution in [2.45, 2.75) is 13.2 Å². The second kappa shape index (κ2) is 11.5. The van der Waals surface area contributed by atoms with Gasteiger partial charge in [0.2, 0.25) is 5.91 Å². The predicted molar refractivity (Wildman–Crippen MR) is 117 cm³/mol. The topological polar surface area (TPSA) is 119 Å². The number of carbonyl (C=O) groups excluding carboxylic acids is 3. The molecule has 3 aromatic rings. The first-order chi connectivity index (χ1) is 16.4. The first-order valence-corrected chi connectivity index (χ1v) is 9.97. The Morgan fingerprint density at radius 2 is 1.79 bits per heavy atom. The number of alkyl halides is 2. The molecule has 0 radical (unpaired) electrons. The molecule has 0 saturated carbocycles. The molecule has 0 saturated heterocycles. The van der Waals surface area contributed by atoms with Crippen molar-refractivity contribution in [3.05, 3.63) is 77.7 Å². The summed E-state index contributed by atoms with van der Waals surface area (Å²) in [6.07, 6.45) is 1.40. The number of halogens is 2. The lowest BCUT2D eigenvalue weighted by Gasteiger charge is -2.12. The molecule has 9 nitrogen and oxygen atoms in total. The molecule has 0 aliphatic heterocycles. The van der Waals surface area contributed by atoms with Crippen molar-refractivity contribution in [1.82, 2.24) is 10.6 Å². The summed E-state index contributed by atoms with van der Waals surface area (Å²) >= 11 is 0. The van der Waals surface area contributed by atoms with Crippen LogP contribution < -0.4 is 25.4 Å². The predicted octanol–water partition coefficient (Wildman–Crippen LogP) is 3.19. The van der Waals surface area contributed by atoms with E-state index in [4.69, 9.17) is 9.15 Å². The standard InChI is InChI=1S/C23H21F2N3O6/c1-32-19-11-15(7-8-17(19)34-23(24)25)21(30)27-13-20(29)26-12-14-4-2-5-16(10-14)28-22(31)18-6-3-9-33-18/h2-11,23H,12-13H2,1H3,(H,26,29)(H,27,30)(H,28,31). The van der Waals surface area contributed by atoms with Gasteiger partial charge in [-0.3, -0.25) is 14.4 Å². The summed E-state index contributed by atoms with van der Waals surface area (Å²) in [7, 11) is 1.25. The number of amides is 3. The monoisotopic (exact) mass is 473 g/mol. The molecule has 0 spiro atoms. The highest BCUT2D eigenvalue weighted by molar-refractivity contribution is 6.02. The van der Waals surface area contributed by atoms with Crippen LogP contribution in [0.1, 0.15) is 26.5 Å². The third-order valence-electron chi connectivity index (χ3n) is 4.47. The fraction of sp³-hybridized carbons (Fsp3) is 0.174. The number of nitrogens with one attached hydrogen (secondary N) is 3. The number of hydrogen-bond acceptors (Lipinski definition) is 6. The van der Waals surface area contributed by atoms with Gasteiger partial charge in [-0.1, -0.05) is 12.1 Å². The molecule has 0 unspecified atom stereocenters. The normalized spacial score (nSPS) is 10.5. The zero-order valence-corrected chi connectivity index (χ0v) is 18.0. The van der Waals surface area contributed by atoms with Gasteiger partial charge in [0.15, 0.2) is 17.3 Å². The van der Waals surface area contributed by atoms with Crippen LogP contribution in [-0.2, 0) is 11.3 Å². The van der Waals surface area contributed by atoms with E-state index in [1.165, 1.54) is 37.6 Å². The maximum absolute atomic E-state index is 12.4. The number of methoxy groups -OCH3 is 1. The van der Waals surface area contributed by atoms with E-state index < -0.39 is 24.3 Å². The first kappa shape index (κ1) is 24.2. The van der Waals surface area contributed by atoms with Gasteiger partial charge in [0.25, 0.3) is 11.8 Å². The van der Waals surface area contributed by atoms with Gasteiger partial charge >= 0.3 is 6.61 Å². The smallest absolute Gasteiger partial charge is 0.387 e. The van der Waals surface area contributed by atoms with Crippen LogP contribution in [0.4, 0.5) is 14.5 Å². The molecule has 1 aromatic heterocycles. The lowest BCUT2D eigenvalue weighted by atomic mass is 10.2. The van der Waals surface area contributed by atoms with Gasteiger partial charge in [0, 0.05) is 17.8 Å². The van der Waals surface area contributed by atoms with Gasteiger partial charge in [-0.25, -0.2) is 0 Å². The second-order valence-corrected chi connectivity index (χ2v) is 6.84. The van der Waals surface area contributed by atoms with Crippen molar-refractivity contribution >= 4 is 23.4 Å². The van der Waals surface area contributed by atoms with E-state index in [0.717, 1.165) is 5.56 Å². The molecule has 0 bridgehead atoms. The zero-order valence-electron chi connectivity index (χ0n) is 18.0. The maximum atomic E-state index is 12.4. The molecular weight excluding hydrogens is 452 g/mol. The Bertz CT molecular complexity index is 1150. The highest BCUT2D eigenvalue weighted by atomic mass is 19.3. The third kappa shape index (κ3) is 6.79. The molecule has 2 aromatic carbocycles. The summed E-state index contributed by atoms with van der Waals surface area (Å²) in [6, 6.07) is 13.7. The average Bonchev–Trinajstić information content (AvgIpc) is 3.36. The van der Waals surface area contributed by atoms with Gasteiger partial charge in [0.05, 0.1) is 19.9 Å². The van der Waals surface area contributed by atoms with Crippen LogP contribution >= 0.6 is 0 Å². The number of hydrogen-bond donors (Lipinski definition) is 3. The van der Waals surface area contributed by atoms with Crippen LogP contribution in [-0.4, -0.2) is 38.0 Å². The summed E-state index contributed by atoms with van der Waals surface area (Å²) in [4.78, 5) is 36.5. The van der Waals surface area contributed by atoms with Crippen LogP contribution in [0.2, 0.25) is 0 Å². The highest BCUT2D eigenvalue weighted by Gasteiger charge is 2.15. The van der Waals surface area contributed by atoms with E-state index in [9.17, 15) is 23.2 Å². The Morgan fingerprint density at radius 1 is 0.971 bits per heavy atom. The average molecular weight is 473 g/mol. The van der Waals surface area contributed by atoms with Gasteiger partial charge in [-0.15, -0.1) is 0 Å². The van der Waals surface area contributed by atoms with Crippen LogP contribution in [0.5, 0.6) is 11.5 Å². The summed E-state index contributed by atoms with van der Waals surface area (Å²) in [5.41, 5.74) is 1.34. The van der Waals surface area contributed by atoms with Gasteiger partial charge < -0.3 is 29.8 Å². The molecule has 11 heteroatoms. The van der Waals surface area contributed by atoms with Crippen molar-refractivity contribution in [3.8, 4) is 11.5 Å². The third-order valence-corrected chi connectivity index (χ3v) is 4.47. The van der Waals surface area contributed by atoms with Crippen molar-refractivity contribution in [3.63, 3.8) is 0 Å². The van der Waals surface area contributed by atoms with Crippen LogP contribution in [0, 0.1) is 0 Å². The fourth-order valence-electron chi connectivity index (χ4n) is 2.89. The molecule has 0 aliphatic rings. The van der Waals surface area contributed by atoms with Gasteiger partial charge in [-0.05, 0) is 48.0 Å². The minimum absolute atomic E-state index is 0.0450. The minimum Gasteiger partial charge on any atom is -0.493 e. The molecule has 3 amide bonds. The van der Waals surface area contributed by atoms with Crippen LogP contribution in [0.3, 0.4) is 0 Å². The Kier molecular flexibility index (Phi) is 8.16. The Labute approximate surface area is 193 Å². The highest BCUT2D eigenvalue weighted by Crippen LogP contribution is 2.29. The zero-order chi connectivity index (χ0) is 24.5. The number of ether oxygens (including phenoxy) is 2. The van der Waals surface area contributed by atoms with Crippen molar-refractivity contribution in [1.29, 1.82) is 0 Å². The molecule has 1 heterocycles. The molecule has 34 heavy (non-hydrogen) atoms. The quantitative estimate of drug-likeness (QED) is 0.416. The Hall–Kier alpha value is -4.41. The van der Waals surface area contributed by atoms with Crippen LogP contribution in [0.25, 0.3) is 0 Å². The SMILES string of the molecule is COc1cc(C(=O)NCC(=O)NCc2cccc(NC(=O)c3ccco3)c2)ccc1OC(F)F. The van der Waals surface area contributed by atoms with E-state index in [0.29, 0.717) is 5.69 Å². The number of furan rings is 1. The van der Waals surface area contributed by atoms with Gasteiger partial charge in [0.1, 0.15) is 0 Å². The van der Waals surface area contributed by atoms with E-state index in [1.54, 1.807) is 30.3 Å². The molecule has 0 aliphatic carbocycles. The first-order valence-electron chi connectivity index (χ1n) is 9.97. The van der Waals surface area contributed by atoms with Crippen molar-refractivity contribution in [2.75, 3.05) is 19.0 Å². The minimum atomic E-state index is -3.04. The van der Waals surface area contributed by atoms with Crippen LogP contribution in [0.15, 0.2) is 65.3 Å². The molecule has 178 valence electrons. The van der Waals surface area contributed by atoms with E-state index in [2.05, 4.69) is 20.7 Å². The molecular formula is C23H21F2N3O6. The molecule has 3 rings (SSSR count). The largest absolute Gasteiger partial charge is 0.493 e. The van der Waals surface area contributed by atoms with E-state index in [-0.39, 0.29) is 35.9 Å². The molecule has 0 fully saturated rings. The van der Waals surface area contributed by atoms with E-state index in [1.807, 2.05) is 0 Å². The van der Waals surface area contributed by atoms with Crippen molar-refractivity contribution in [2.24, 2.45) is 0 Å². The summed E-state index contributed by atoms with van der Waals surface area (Å²) in [5, 5.41) is 7.78. The molecule has 0 atom stereocenters. The maximum Gasteiger partial charge on any atom is 0.387 e. The number of anilines is 1. The lowest BCUT2D eigenvalue weighted by Crippen LogP contribution is -2.36. The summed E-state index contributed by atoms with van der Waals surface area (Å²) in [5.74, 6) is -1.55. The summed E-state index contributed by atoms with van der Waals surface area (Å²) < 4.78 is 39.1. The number of benzene rings is 2. The Balaban J connectivity index is 1.49. The summed E-state index contributed by atoms with van der Waals surface area (Å²) in [6.45, 7) is -3.19. The second-order valence-electron chi connectivity index (χ2n) is 6.84. The number of carbonyl (C=O) groups is 3. The Morgan fingerprint density at radius 3 is 2.50 bits per heavy atom. The lowest BCUT2D eigenvalue weighted by molar-refractivity contribution is -0.120. The fourth-order valence-corrected chi connectivity index (χ4v) is 2.89.